The van der Waals surface area contributed by atoms with E-state index in [1.165, 1.54) is 12.8 Å². The Bertz CT molecular complexity index is 249. The molecular weight excluding hydrogens is 176 g/mol. The van der Waals surface area contributed by atoms with Crippen LogP contribution in [0.5, 0.6) is 0 Å². The average Bonchev–Trinajstić information content (AvgIpc) is 2.87. The van der Waals surface area contributed by atoms with Gasteiger partial charge in [0.05, 0.1) is 5.54 Å². The summed E-state index contributed by atoms with van der Waals surface area (Å²) >= 11 is 0. The largest absolute Gasteiger partial charge is 0.340 e. The van der Waals surface area contributed by atoms with Crippen molar-refractivity contribution in [1.29, 1.82) is 0 Å². The number of terminal acetylenes is 1. The number of hydrogen-bond acceptors (Lipinski definition) is 2. The van der Waals surface area contributed by atoms with Crippen molar-refractivity contribution < 1.29 is 4.79 Å². The Kier molecular flexibility index (Phi) is 3.54. The highest BCUT2D eigenvalue weighted by molar-refractivity contribution is 5.77. The molecular formula is C11H18N2O. The zero-order valence-electron chi connectivity index (χ0n) is 8.89. The summed E-state index contributed by atoms with van der Waals surface area (Å²) in [6.07, 6.45) is 8.26. The summed E-state index contributed by atoms with van der Waals surface area (Å²) < 4.78 is 0. The van der Waals surface area contributed by atoms with Crippen LogP contribution in [0, 0.1) is 12.3 Å². The Hall–Kier alpha value is -1.01. The highest BCUT2D eigenvalue weighted by Gasteiger charge is 2.21. The van der Waals surface area contributed by atoms with Gasteiger partial charge in [-0.1, -0.05) is 5.92 Å². The second-order valence-electron chi connectivity index (χ2n) is 4.30. The third kappa shape index (κ3) is 4.29. The van der Waals surface area contributed by atoms with Gasteiger partial charge in [0.15, 0.2) is 0 Å². The molecule has 1 aliphatic carbocycles. The van der Waals surface area contributed by atoms with Crippen molar-refractivity contribution in [2.45, 2.75) is 44.7 Å². The molecule has 1 fully saturated rings. The van der Waals surface area contributed by atoms with Gasteiger partial charge in [0.1, 0.15) is 0 Å². The lowest BCUT2D eigenvalue weighted by molar-refractivity contribution is -0.122. The number of rotatable bonds is 5. The van der Waals surface area contributed by atoms with E-state index in [1.54, 1.807) is 0 Å². The van der Waals surface area contributed by atoms with E-state index < -0.39 is 5.54 Å². The van der Waals surface area contributed by atoms with Crippen LogP contribution in [0.25, 0.3) is 0 Å². The Morgan fingerprint density at radius 1 is 1.57 bits per heavy atom. The van der Waals surface area contributed by atoms with Crippen LogP contribution in [0.2, 0.25) is 0 Å². The minimum atomic E-state index is -0.531. The van der Waals surface area contributed by atoms with Crippen LogP contribution >= 0.6 is 0 Å². The molecule has 0 aromatic heterocycles. The van der Waals surface area contributed by atoms with E-state index in [0.29, 0.717) is 12.5 Å². The molecule has 78 valence electrons. The van der Waals surface area contributed by atoms with Crippen LogP contribution in [-0.2, 0) is 4.79 Å². The van der Waals surface area contributed by atoms with E-state index in [4.69, 9.17) is 6.42 Å². The summed E-state index contributed by atoms with van der Waals surface area (Å²) in [6.45, 7) is 4.38. The molecule has 0 saturated heterocycles. The second-order valence-corrected chi connectivity index (χ2v) is 4.30. The zero-order chi connectivity index (χ0) is 10.6. The maximum absolute atomic E-state index is 11.4. The summed E-state index contributed by atoms with van der Waals surface area (Å²) in [5, 5.41) is 6.06. The lowest BCUT2D eigenvalue weighted by Crippen LogP contribution is -2.43. The topological polar surface area (TPSA) is 41.1 Å². The molecule has 1 saturated carbocycles. The summed E-state index contributed by atoms with van der Waals surface area (Å²) in [5.74, 6) is 2.55. The first-order valence-electron chi connectivity index (χ1n) is 5.06. The molecule has 2 N–H and O–H groups in total. The number of nitrogens with one attached hydrogen (secondary N) is 2. The van der Waals surface area contributed by atoms with Gasteiger partial charge in [-0.15, -0.1) is 6.42 Å². The van der Waals surface area contributed by atoms with Crippen LogP contribution < -0.4 is 10.6 Å². The van der Waals surface area contributed by atoms with Crippen molar-refractivity contribution in [1.82, 2.24) is 10.6 Å². The Morgan fingerprint density at radius 2 is 2.21 bits per heavy atom. The molecule has 3 nitrogen and oxygen atoms in total. The molecule has 0 spiro atoms. The molecule has 0 atom stereocenters. The maximum atomic E-state index is 11.4. The van der Waals surface area contributed by atoms with Gasteiger partial charge in [-0.3, -0.25) is 4.79 Å². The van der Waals surface area contributed by atoms with Gasteiger partial charge in [0, 0.05) is 19.0 Å². The zero-order valence-corrected chi connectivity index (χ0v) is 8.89. The van der Waals surface area contributed by atoms with Crippen molar-refractivity contribution in [2.24, 2.45) is 0 Å². The maximum Gasteiger partial charge on any atom is 0.222 e. The SMILES string of the molecule is C#CC(C)(C)NC(=O)CCNC1CC1. The van der Waals surface area contributed by atoms with Crippen LogP contribution in [0.3, 0.4) is 0 Å². The van der Waals surface area contributed by atoms with E-state index >= 15 is 0 Å². The number of carbonyl (C=O) groups is 1. The van der Waals surface area contributed by atoms with Crippen molar-refractivity contribution >= 4 is 5.91 Å². The summed E-state index contributed by atoms with van der Waals surface area (Å²) in [7, 11) is 0. The molecule has 1 rings (SSSR count). The molecule has 0 aliphatic heterocycles. The van der Waals surface area contributed by atoms with Crippen LogP contribution in [0.1, 0.15) is 33.1 Å². The van der Waals surface area contributed by atoms with Crippen molar-refractivity contribution in [3.8, 4) is 12.3 Å². The average molecular weight is 194 g/mol. The summed E-state index contributed by atoms with van der Waals surface area (Å²) in [4.78, 5) is 11.4. The quantitative estimate of drug-likeness (QED) is 0.631. The van der Waals surface area contributed by atoms with Crippen LogP contribution in [0.15, 0.2) is 0 Å². The summed E-state index contributed by atoms with van der Waals surface area (Å²) in [6, 6.07) is 0.656. The van der Waals surface area contributed by atoms with Gasteiger partial charge in [-0.25, -0.2) is 0 Å². The highest BCUT2D eigenvalue weighted by Crippen LogP contribution is 2.18. The number of amides is 1. The number of carbonyl (C=O) groups excluding carboxylic acids is 1. The standard InChI is InChI=1S/C11H18N2O/c1-4-11(2,3)13-10(14)7-8-12-9-5-6-9/h1,9,12H,5-8H2,2-3H3,(H,13,14). The predicted octanol–water partition coefficient (Wildman–Crippen LogP) is 0.656. The van der Waals surface area contributed by atoms with E-state index in [2.05, 4.69) is 16.6 Å². The minimum absolute atomic E-state index is 0.0149. The first kappa shape index (κ1) is 11.1. The van der Waals surface area contributed by atoms with E-state index in [9.17, 15) is 4.79 Å². The molecule has 14 heavy (non-hydrogen) atoms. The second kappa shape index (κ2) is 4.47. The Labute approximate surface area is 85.6 Å². The van der Waals surface area contributed by atoms with Crippen LogP contribution in [-0.4, -0.2) is 24.0 Å². The first-order valence-corrected chi connectivity index (χ1v) is 5.06. The van der Waals surface area contributed by atoms with E-state index in [1.807, 2.05) is 13.8 Å². The molecule has 0 unspecified atom stereocenters. The third-order valence-corrected chi connectivity index (χ3v) is 2.18. The van der Waals surface area contributed by atoms with Crippen LogP contribution in [0.4, 0.5) is 0 Å². The molecule has 0 aromatic carbocycles. The minimum Gasteiger partial charge on any atom is -0.340 e. The lowest BCUT2D eigenvalue weighted by Gasteiger charge is -2.19. The molecule has 0 aromatic rings. The Balaban J connectivity index is 2.11. The smallest absolute Gasteiger partial charge is 0.222 e. The molecule has 0 radical (unpaired) electrons. The molecule has 0 heterocycles. The Morgan fingerprint density at radius 3 is 2.71 bits per heavy atom. The normalized spacial score (nSPS) is 16.1. The fraction of sp³-hybridized carbons (Fsp3) is 0.727. The van der Waals surface area contributed by atoms with Gasteiger partial charge in [0.2, 0.25) is 5.91 Å². The fourth-order valence-electron chi connectivity index (χ4n) is 1.12. The van der Waals surface area contributed by atoms with Gasteiger partial charge >= 0.3 is 0 Å². The van der Waals surface area contributed by atoms with Gasteiger partial charge in [-0.2, -0.15) is 0 Å². The highest BCUT2D eigenvalue weighted by atomic mass is 16.1. The summed E-state index contributed by atoms with van der Waals surface area (Å²) in [5.41, 5.74) is -0.531. The number of hydrogen-bond donors (Lipinski definition) is 2. The monoisotopic (exact) mass is 194 g/mol. The molecule has 1 amide bonds. The van der Waals surface area contributed by atoms with Crippen molar-refractivity contribution in [3.63, 3.8) is 0 Å². The van der Waals surface area contributed by atoms with Crippen molar-refractivity contribution in [3.05, 3.63) is 0 Å². The fourth-order valence-corrected chi connectivity index (χ4v) is 1.12. The lowest BCUT2D eigenvalue weighted by atomic mass is 10.1. The van der Waals surface area contributed by atoms with Crippen molar-refractivity contribution in [2.75, 3.05) is 6.54 Å². The molecule has 1 aliphatic rings. The van der Waals surface area contributed by atoms with Gasteiger partial charge < -0.3 is 10.6 Å². The van der Waals surface area contributed by atoms with E-state index in [0.717, 1.165) is 6.54 Å². The molecule has 0 bridgehead atoms. The van der Waals surface area contributed by atoms with E-state index in [-0.39, 0.29) is 5.91 Å². The first-order chi connectivity index (χ1) is 6.53. The predicted molar refractivity (Wildman–Crippen MR) is 56.7 cm³/mol. The molecule has 3 heteroatoms. The van der Waals surface area contributed by atoms with Gasteiger partial charge in [-0.05, 0) is 26.7 Å². The third-order valence-electron chi connectivity index (χ3n) is 2.18. The van der Waals surface area contributed by atoms with Gasteiger partial charge in [0.25, 0.3) is 0 Å².